The molecular weight excluding hydrogens is 629 g/mol. The first kappa shape index (κ1) is 34.1. The van der Waals surface area contributed by atoms with Gasteiger partial charge in [0.1, 0.15) is 18.0 Å². The SMILES string of the molecule is Cc1ccc(-c2nncn2C)c(-c2cc(NCCCC#N)nc(N3Cc4c(cc(CN5CCCCC5C(C)C)cc4C(F)(F)F)C3=O)c2)c1. The standard InChI is InChI=1S/C37H41F3N8O/c1-23(2)32-9-5-8-14-47(32)20-25-16-29-30(31(17-25)37(38,39)40)21-48(36(29)49)34-19-26(18-33(44-34)42-13-7-6-12-41)28-15-24(3)10-11-27(28)35-45-43-22-46(35)4/h10-11,15-19,22-23,32H,5-9,13-14,20-21H2,1-4H3,(H,42,44). The molecule has 9 nitrogen and oxygen atoms in total. The van der Waals surface area contributed by atoms with Crippen molar-refractivity contribution in [3.63, 3.8) is 0 Å². The van der Waals surface area contributed by atoms with E-state index in [0.717, 1.165) is 42.5 Å². The van der Waals surface area contributed by atoms with Crippen LogP contribution in [0.15, 0.2) is 48.8 Å². The number of aryl methyl sites for hydroxylation is 2. The summed E-state index contributed by atoms with van der Waals surface area (Å²) in [5.74, 6) is 1.17. The molecule has 1 fully saturated rings. The summed E-state index contributed by atoms with van der Waals surface area (Å²) in [4.78, 5) is 22.5. The van der Waals surface area contributed by atoms with Crippen LogP contribution in [-0.2, 0) is 26.3 Å². The third kappa shape index (κ3) is 7.17. The van der Waals surface area contributed by atoms with Gasteiger partial charge in [-0.2, -0.15) is 18.4 Å². The molecule has 6 rings (SSSR count). The number of anilines is 2. The molecule has 2 aromatic carbocycles. The predicted octanol–water partition coefficient (Wildman–Crippen LogP) is 7.76. The van der Waals surface area contributed by atoms with Crippen LogP contribution in [-0.4, -0.2) is 49.7 Å². The Morgan fingerprint density at radius 3 is 2.61 bits per heavy atom. The molecule has 2 aromatic heterocycles. The minimum absolute atomic E-state index is 0.0358. The molecule has 0 saturated carbocycles. The van der Waals surface area contributed by atoms with Gasteiger partial charge in [0.15, 0.2) is 5.82 Å². The van der Waals surface area contributed by atoms with E-state index < -0.39 is 17.6 Å². The average Bonchev–Trinajstić information content (AvgIpc) is 3.64. The molecule has 1 N–H and O–H groups in total. The van der Waals surface area contributed by atoms with E-state index in [-0.39, 0.29) is 29.5 Å². The summed E-state index contributed by atoms with van der Waals surface area (Å²) in [7, 11) is 1.85. The van der Waals surface area contributed by atoms with E-state index >= 15 is 0 Å². The van der Waals surface area contributed by atoms with Crippen LogP contribution < -0.4 is 10.2 Å². The lowest BCUT2D eigenvalue weighted by Gasteiger charge is -2.38. The summed E-state index contributed by atoms with van der Waals surface area (Å²) in [5.41, 5.74) is 3.05. The van der Waals surface area contributed by atoms with Crippen LogP contribution >= 0.6 is 0 Å². The van der Waals surface area contributed by atoms with E-state index in [2.05, 4.69) is 40.3 Å². The zero-order valence-electron chi connectivity index (χ0n) is 28.3. The van der Waals surface area contributed by atoms with Gasteiger partial charge in [-0.15, -0.1) is 10.2 Å². The van der Waals surface area contributed by atoms with Crippen LogP contribution in [0.2, 0.25) is 0 Å². The van der Waals surface area contributed by atoms with E-state index in [1.807, 2.05) is 42.8 Å². The van der Waals surface area contributed by atoms with E-state index in [1.54, 1.807) is 18.5 Å². The Bertz CT molecular complexity index is 1890. The van der Waals surface area contributed by atoms with Crippen LogP contribution in [0.3, 0.4) is 0 Å². The molecule has 256 valence electrons. The fraction of sp³-hybridized carbons (Fsp3) is 0.432. The minimum Gasteiger partial charge on any atom is -0.370 e. The number of alkyl halides is 3. The van der Waals surface area contributed by atoms with Crippen LogP contribution in [0.5, 0.6) is 0 Å². The van der Waals surface area contributed by atoms with Crippen molar-refractivity contribution in [1.82, 2.24) is 24.6 Å². The average molecular weight is 671 g/mol. The minimum atomic E-state index is -4.63. The summed E-state index contributed by atoms with van der Waals surface area (Å²) >= 11 is 0. The number of hydrogen-bond acceptors (Lipinski definition) is 7. The summed E-state index contributed by atoms with van der Waals surface area (Å²) in [6, 6.07) is 14.8. The quantitative estimate of drug-likeness (QED) is 0.172. The first-order valence-corrected chi connectivity index (χ1v) is 16.8. The molecule has 1 unspecified atom stereocenters. The van der Waals surface area contributed by atoms with Crippen molar-refractivity contribution in [2.45, 2.75) is 78.2 Å². The number of piperidine rings is 1. The Morgan fingerprint density at radius 2 is 1.90 bits per heavy atom. The molecule has 1 saturated heterocycles. The fourth-order valence-electron chi connectivity index (χ4n) is 7.10. The Morgan fingerprint density at radius 1 is 1.08 bits per heavy atom. The van der Waals surface area contributed by atoms with Crippen molar-refractivity contribution >= 4 is 17.5 Å². The van der Waals surface area contributed by atoms with Crippen molar-refractivity contribution in [2.24, 2.45) is 13.0 Å². The molecular formula is C37H41F3N8O. The number of pyridine rings is 1. The summed E-state index contributed by atoms with van der Waals surface area (Å²) in [5, 5.41) is 20.6. The molecule has 0 bridgehead atoms. The van der Waals surface area contributed by atoms with E-state index in [4.69, 9.17) is 10.2 Å². The molecule has 4 heterocycles. The number of amides is 1. The highest BCUT2D eigenvalue weighted by atomic mass is 19.4. The number of hydrogen-bond donors (Lipinski definition) is 1. The van der Waals surface area contributed by atoms with Crippen LogP contribution in [0.4, 0.5) is 24.8 Å². The van der Waals surface area contributed by atoms with Gasteiger partial charge in [0.05, 0.1) is 18.2 Å². The molecule has 49 heavy (non-hydrogen) atoms. The van der Waals surface area contributed by atoms with Crippen molar-refractivity contribution < 1.29 is 18.0 Å². The largest absolute Gasteiger partial charge is 0.416 e. The van der Waals surface area contributed by atoms with Crippen molar-refractivity contribution in [3.8, 4) is 28.6 Å². The normalized spacial score (nSPS) is 16.7. The number of carbonyl (C=O) groups is 1. The van der Waals surface area contributed by atoms with E-state index in [0.29, 0.717) is 54.6 Å². The Hall–Kier alpha value is -4.76. The molecule has 4 aromatic rings. The maximum atomic E-state index is 14.7. The number of unbranched alkanes of at least 4 members (excludes halogenated alkanes) is 1. The maximum Gasteiger partial charge on any atom is 0.416 e. The summed E-state index contributed by atoms with van der Waals surface area (Å²) < 4.78 is 45.8. The first-order chi connectivity index (χ1) is 23.4. The topological polar surface area (TPSA) is 103 Å². The fourth-order valence-corrected chi connectivity index (χ4v) is 7.10. The van der Waals surface area contributed by atoms with Gasteiger partial charge in [-0.05, 0) is 85.2 Å². The number of rotatable bonds is 10. The van der Waals surface area contributed by atoms with Gasteiger partial charge in [-0.1, -0.05) is 44.0 Å². The van der Waals surface area contributed by atoms with Gasteiger partial charge in [-0.25, -0.2) is 4.98 Å². The lowest BCUT2D eigenvalue weighted by atomic mass is 9.91. The number of benzene rings is 2. The molecule has 1 atom stereocenters. The van der Waals surface area contributed by atoms with Crippen molar-refractivity contribution in [1.29, 1.82) is 5.26 Å². The van der Waals surface area contributed by atoms with Crippen molar-refractivity contribution in [2.75, 3.05) is 23.3 Å². The first-order valence-electron chi connectivity index (χ1n) is 16.8. The van der Waals surface area contributed by atoms with Gasteiger partial charge in [0, 0.05) is 43.7 Å². The van der Waals surface area contributed by atoms with Gasteiger partial charge in [0.2, 0.25) is 0 Å². The predicted molar refractivity (Wildman–Crippen MR) is 183 cm³/mol. The smallest absolute Gasteiger partial charge is 0.370 e. The zero-order valence-corrected chi connectivity index (χ0v) is 28.3. The molecule has 0 aliphatic carbocycles. The second-order valence-electron chi connectivity index (χ2n) is 13.4. The highest BCUT2D eigenvalue weighted by Gasteiger charge is 2.41. The van der Waals surface area contributed by atoms with Crippen LogP contribution in [0.25, 0.3) is 22.5 Å². The third-order valence-corrected chi connectivity index (χ3v) is 9.52. The third-order valence-electron chi connectivity index (χ3n) is 9.52. The number of carbonyl (C=O) groups excluding carboxylic acids is 1. The number of fused-ring (bicyclic) bond motifs is 1. The van der Waals surface area contributed by atoms with Crippen LogP contribution in [0, 0.1) is 24.2 Å². The van der Waals surface area contributed by atoms with Gasteiger partial charge >= 0.3 is 6.18 Å². The highest BCUT2D eigenvalue weighted by molar-refractivity contribution is 6.10. The molecule has 1 amide bonds. The van der Waals surface area contributed by atoms with Crippen LogP contribution in [0.1, 0.15) is 78.6 Å². The lowest BCUT2D eigenvalue weighted by Crippen LogP contribution is -2.42. The monoisotopic (exact) mass is 670 g/mol. The molecule has 12 heteroatoms. The number of halogens is 3. The van der Waals surface area contributed by atoms with Crippen molar-refractivity contribution in [3.05, 3.63) is 76.6 Å². The van der Waals surface area contributed by atoms with E-state index in [9.17, 15) is 18.0 Å². The summed E-state index contributed by atoms with van der Waals surface area (Å²) in [6.45, 7) is 7.64. The number of likely N-dealkylation sites (tertiary alicyclic amines) is 1. The number of nitrogens with one attached hydrogen (secondary N) is 1. The zero-order chi connectivity index (χ0) is 34.9. The van der Waals surface area contributed by atoms with Gasteiger partial charge in [0.25, 0.3) is 5.91 Å². The Kier molecular flexibility index (Phi) is 9.75. The molecule has 0 spiro atoms. The molecule has 2 aliphatic rings. The Labute approximate surface area is 284 Å². The Balaban J connectivity index is 1.42. The van der Waals surface area contributed by atoms with E-state index in [1.165, 1.54) is 11.0 Å². The second-order valence-corrected chi connectivity index (χ2v) is 13.4. The number of aromatic nitrogens is 4. The second kappa shape index (κ2) is 14.0. The number of nitriles is 1. The molecule has 0 radical (unpaired) electrons. The highest BCUT2D eigenvalue weighted by Crippen LogP contribution is 2.41. The number of nitrogens with zero attached hydrogens (tertiary/aromatic N) is 7. The van der Waals surface area contributed by atoms with Gasteiger partial charge < -0.3 is 9.88 Å². The summed E-state index contributed by atoms with van der Waals surface area (Å²) in [6.07, 6.45) is 1.02. The molecule has 2 aliphatic heterocycles. The maximum absolute atomic E-state index is 14.7. The van der Waals surface area contributed by atoms with Gasteiger partial charge in [-0.3, -0.25) is 14.6 Å². The lowest BCUT2D eigenvalue weighted by molar-refractivity contribution is -0.138.